The minimum Gasteiger partial charge on any atom is -0.504 e. The number of rotatable bonds is 2. The summed E-state index contributed by atoms with van der Waals surface area (Å²) in [6, 6.07) is 4.02. The van der Waals surface area contributed by atoms with Gasteiger partial charge in [0, 0.05) is 24.1 Å². The van der Waals surface area contributed by atoms with Crippen molar-refractivity contribution in [3.05, 3.63) is 23.3 Å². The van der Waals surface area contributed by atoms with Crippen molar-refractivity contribution < 1.29 is 15.3 Å². The number of hydrogen-bond donors (Lipinski definition) is 3. The molecule has 1 aliphatic carbocycles. The Balaban J connectivity index is 1.94. The quantitative estimate of drug-likeness (QED) is 0.689. The van der Waals surface area contributed by atoms with Gasteiger partial charge in [0.05, 0.1) is 6.61 Å². The summed E-state index contributed by atoms with van der Waals surface area (Å²) in [7, 11) is 0. The Labute approximate surface area is 106 Å². The van der Waals surface area contributed by atoms with Gasteiger partial charge in [0.25, 0.3) is 0 Å². The van der Waals surface area contributed by atoms with Gasteiger partial charge in [-0.25, -0.2) is 0 Å². The van der Waals surface area contributed by atoms with Gasteiger partial charge in [-0.15, -0.1) is 0 Å². The van der Waals surface area contributed by atoms with Crippen LogP contribution in [0, 0.1) is 0 Å². The van der Waals surface area contributed by atoms with Crippen LogP contribution in [0.2, 0.25) is 0 Å². The summed E-state index contributed by atoms with van der Waals surface area (Å²) < 4.78 is 0. The summed E-state index contributed by atoms with van der Waals surface area (Å²) in [5.74, 6) is 0.482. The summed E-state index contributed by atoms with van der Waals surface area (Å²) in [5, 5.41) is 28.6. The van der Waals surface area contributed by atoms with Crippen molar-refractivity contribution in [3.8, 4) is 11.5 Å². The smallest absolute Gasteiger partial charge is 0.160 e. The highest BCUT2D eigenvalue weighted by atomic mass is 16.3. The van der Waals surface area contributed by atoms with Gasteiger partial charge in [-0.1, -0.05) is 6.07 Å². The van der Waals surface area contributed by atoms with Gasteiger partial charge in [-0.2, -0.15) is 0 Å². The zero-order valence-electron chi connectivity index (χ0n) is 10.3. The third kappa shape index (κ3) is 1.68. The number of benzene rings is 1. The molecule has 1 aliphatic heterocycles. The normalized spacial score (nSPS) is 26.9. The van der Waals surface area contributed by atoms with E-state index in [4.69, 9.17) is 5.11 Å². The standard InChI is InChI=1S/C14H19NO3/c16-8-7-15-6-5-10-9-2-4-13(17)14(18)11(9)1-3-12(10)15/h2,4,10,12,16-18H,1,3,5-8H2. The lowest BCUT2D eigenvalue weighted by molar-refractivity contribution is 0.171. The number of hydrogen-bond acceptors (Lipinski definition) is 4. The number of fused-ring (bicyclic) bond motifs is 3. The molecule has 1 aromatic carbocycles. The second-order valence-corrected chi connectivity index (χ2v) is 5.26. The van der Waals surface area contributed by atoms with Gasteiger partial charge in [0.15, 0.2) is 11.5 Å². The summed E-state index contributed by atoms with van der Waals surface area (Å²) in [5.41, 5.74) is 2.10. The lowest BCUT2D eigenvalue weighted by atomic mass is 9.79. The molecule has 0 bridgehead atoms. The van der Waals surface area contributed by atoms with Crippen LogP contribution in [0.5, 0.6) is 11.5 Å². The molecular weight excluding hydrogens is 230 g/mol. The number of likely N-dealkylation sites (tertiary alicyclic amines) is 1. The van der Waals surface area contributed by atoms with E-state index >= 15 is 0 Å². The van der Waals surface area contributed by atoms with E-state index < -0.39 is 0 Å². The number of aromatic hydroxyl groups is 2. The largest absolute Gasteiger partial charge is 0.504 e. The maximum atomic E-state index is 9.93. The molecule has 2 unspecified atom stereocenters. The fourth-order valence-corrected chi connectivity index (χ4v) is 3.61. The fraction of sp³-hybridized carbons (Fsp3) is 0.571. The van der Waals surface area contributed by atoms with E-state index in [-0.39, 0.29) is 18.1 Å². The fourth-order valence-electron chi connectivity index (χ4n) is 3.61. The van der Waals surface area contributed by atoms with Gasteiger partial charge in [0.1, 0.15) is 0 Å². The van der Waals surface area contributed by atoms with Crippen molar-refractivity contribution in [1.82, 2.24) is 4.90 Å². The van der Waals surface area contributed by atoms with E-state index in [1.807, 2.05) is 6.07 Å². The monoisotopic (exact) mass is 249 g/mol. The molecule has 0 aromatic heterocycles. The Morgan fingerprint density at radius 3 is 2.83 bits per heavy atom. The van der Waals surface area contributed by atoms with Crippen LogP contribution in [0.25, 0.3) is 0 Å². The van der Waals surface area contributed by atoms with Gasteiger partial charge in [-0.05, 0) is 37.4 Å². The molecule has 0 radical (unpaired) electrons. The predicted molar refractivity (Wildman–Crippen MR) is 67.9 cm³/mol. The van der Waals surface area contributed by atoms with E-state index in [2.05, 4.69) is 4.90 Å². The molecule has 1 fully saturated rings. The Morgan fingerprint density at radius 1 is 1.22 bits per heavy atom. The predicted octanol–water partition coefficient (Wildman–Crippen LogP) is 1.19. The van der Waals surface area contributed by atoms with Crippen molar-refractivity contribution in [2.24, 2.45) is 0 Å². The molecule has 3 N–H and O–H groups in total. The van der Waals surface area contributed by atoms with E-state index in [0.717, 1.165) is 37.9 Å². The van der Waals surface area contributed by atoms with E-state index in [9.17, 15) is 10.2 Å². The van der Waals surface area contributed by atoms with Crippen LogP contribution in [0.15, 0.2) is 12.1 Å². The Morgan fingerprint density at radius 2 is 2.06 bits per heavy atom. The molecule has 1 aromatic rings. The second-order valence-electron chi connectivity index (χ2n) is 5.26. The van der Waals surface area contributed by atoms with E-state index in [0.29, 0.717) is 12.0 Å². The molecule has 2 aliphatic rings. The van der Waals surface area contributed by atoms with Crippen molar-refractivity contribution in [1.29, 1.82) is 0 Å². The number of phenols is 2. The first-order valence-electron chi connectivity index (χ1n) is 6.61. The first kappa shape index (κ1) is 11.8. The van der Waals surface area contributed by atoms with Gasteiger partial charge in [-0.3, -0.25) is 4.90 Å². The number of aliphatic hydroxyl groups is 1. The molecule has 4 nitrogen and oxygen atoms in total. The molecule has 1 heterocycles. The first-order valence-corrected chi connectivity index (χ1v) is 6.61. The van der Waals surface area contributed by atoms with Crippen LogP contribution < -0.4 is 0 Å². The highest BCUT2D eigenvalue weighted by Gasteiger charge is 2.39. The van der Waals surface area contributed by atoms with Crippen molar-refractivity contribution in [3.63, 3.8) is 0 Å². The van der Waals surface area contributed by atoms with Crippen LogP contribution in [-0.4, -0.2) is 46.0 Å². The highest BCUT2D eigenvalue weighted by molar-refractivity contribution is 5.52. The van der Waals surface area contributed by atoms with Gasteiger partial charge >= 0.3 is 0 Å². The third-order valence-electron chi connectivity index (χ3n) is 4.44. The molecule has 4 heteroatoms. The molecule has 1 saturated heterocycles. The minimum absolute atomic E-state index is 0.0163. The highest BCUT2D eigenvalue weighted by Crippen LogP contribution is 2.46. The van der Waals surface area contributed by atoms with Gasteiger partial charge in [0.2, 0.25) is 0 Å². The maximum Gasteiger partial charge on any atom is 0.160 e. The summed E-state index contributed by atoms with van der Waals surface area (Å²) >= 11 is 0. The van der Waals surface area contributed by atoms with Crippen molar-refractivity contribution in [2.45, 2.75) is 31.2 Å². The summed E-state index contributed by atoms with van der Waals surface area (Å²) in [6.07, 6.45) is 2.87. The Bertz CT molecular complexity index is 461. The Hall–Kier alpha value is -1.26. The van der Waals surface area contributed by atoms with Crippen molar-refractivity contribution >= 4 is 0 Å². The molecular formula is C14H19NO3. The van der Waals surface area contributed by atoms with Crippen LogP contribution in [0.1, 0.15) is 29.9 Å². The van der Waals surface area contributed by atoms with Crippen molar-refractivity contribution in [2.75, 3.05) is 19.7 Å². The molecule has 0 amide bonds. The molecule has 98 valence electrons. The first-order chi connectivity index (χ1) is 8.72. The number of phenolic OH excluding ortho intramolecular Hbond substituents is 2. The van der Waals surface area contributed by atoms with Crippen LogP contribution >= 0.6 is 0 Å². The minimum atomic E-state index is -0.0163. The average molecular weight is 249 g/mol. The number of β-amino-alcohol motifs (C(OH)–C–C–N with tert-alkyl or cyclic N) is 1. The van der Waals surface area contributed by atoms with E-state index in [1.165, 1.54) is 5.56 Å². The van der Waals surface area contributed by atoms with E-state index in [1.54, 1.807) is 6.07 Å². The molecule has 18 heavy (non-hydrogen) atoms. The lowest BCUT2D eigenvalue weighted by Crippen LogP contribution is -2.36. The Kier molecular flexibility index (Phi) is 2.92. The number of aliphatic hydroxyl groups excluding tert-OH is 1. The lowest BCUT2D eigenvalue weighted by Gasteiger charge is -2.33. The molecule has 0 saturated carbocycles. The summed E-state index contributed by atoms with van der Waals surface area (Å²) in [4.78, 5) is 2.34. The molecule has 0 spiro atoms. The number of nitrogens with zero attached hydrogens (tertiary/aromatic N) is 1. The van der Waals surface area contributed by atoms with Crippen LogP contribution in [-0.2, 0) is 6.42 Å². The van der Waals surface area contributed by atoms with Crippen LogP contribution in [0.4, 0.5) is 0 Å². The second kappa shape index (κ2) is 4.44. The topological polar surface area (TPSA) is 63.9 Å². The molecule has 2 atom stereocenters. The molecule has 3 rings (SSSR count). The average Bonchev–Trinajstić information content (AvgIpc) is 2.78. The maximum absolute atomic E-state index is 9.93. The van der Waals surface area contributed by atoms with Gasteiger partial charge < -0.3 is 15.3 Å². The van der Waals surface area contributed by atoms with Crippen LogP contribution in [0.3, 0.4) is 0 Å². The third-order valence-corrected chi connectivity index (χ3v) is 4.44. The summed E-state index contributed by atoms with van der Waals surface area (Å²) in [6.45, 7) is 1.95. The zero-order chi connectivity index (χ0) is 12.7. The zero-order valence-corrected chi connectivity index (χ0v) is 10.3. The SMILES string of the molecule is OCCN1CCC2c3ccc(O)c(O)c3CCC21.